The summed E-state index contributed by atoms with van der Waals surface area (Å²) in [7, 11) is 3.38. The molecule has 21 heavy (non-hydrogen) atoms. The number of carbonyl (C=O) groups is 2. The molecule has 0 unspecified atom stereocenters. The second-order valence-corrected chi connectivity index (χ2v) is 5.66. The molecule has 2 aromatic rings. The maximum absolute atomic E-state index is 12.1. The Hall–Kier alpha value is -2.14. The summed E-state index contributed by atoms with van der Waals surface area (Å²) in [6.07, 6.45) is 0. The highest BCUT2D eigenvalue weighted by atomic mass is 79.9. The normalized spacial score (nSPS) is 10.0. The Morgan fingerprint density at radius 2 is 1.67 bits per heavy atom. The minimum atomic E-state index is -0.211. The number of benzene rings is 2. The Labute approximate surface area is 131 Å². The van der Waals surface area contributed by atoms with E-state index < -0.39 is 0 Å². The summed E-state index contributed by atoms with van der Waals surface area (Å²) in [4.78, 5) is 25.5. The fraction of sp³-hybridized carbons (Fsp3) is 0.125. The molecule has 0 aromatic heterocycles. The average molecular weight is 347 g/mol. The van der Waals surface area contributed by atoms with Crippen molar-refractivity contribution in [3.63, 3.8) is 0 Å². The fourth-order valence-electron chi connectivity index (χ4n) is 1.79. The first-order valence-electron chi connectivity index (χ1n) is 6.36. The van der Waals surface area contributed by atoms with E-state index in [9.17, 15) is 9.59 Å². The van der Waals surface area contributed by atoms with E-state index in [1.165, 1.54) is 4.90 Å². The van der Waals surface area contributed by atoms with Crippen molar-refractivity contribution in [2.45, 2.75) is 0 Å². The molecule has 0 atom stereocenters. The van der Waals surface area contributed by atoms with E-state index in [-0.39, 0.29) is 11.8 Å². The second kappa shape index (κ2) is 6.54. The number of carbonyl (C=O) groups excluding carboxylic acids is 2. The lowest BCUT2D eigenvalue weighted by Gasteiger charge is -2.11. The van der Waals surface area contributed by atoms with E-state index in [2.05, 4.69) is 21.2 Å². The zero-order valence-corrected chi connectivity index (χ0v) is 13.3. The van der Waals surface area contributed by atoms with Gasteiger partial charge in [-0.25, -0.2) is 0 Å². The molecule has 0 saturated carbocycles. The van der Waals surface area contributed by atoms with E-state index in [4.69, 9.17) is 0 Å². The molecule has 2 amide bonds. The minimum Gasteiger partial charge on any atom is -0.345 e. The smallest absolute Gasteiger partial charge is 0.255 e. The molecule has 4 nitrogen and oxygen atoms in total. The number of anilines is 1. The van der Waals surface area contributed by atoms with Crippen LogP contribution in [-0.4, -0.2) is 30.8 Å². The van der Waals surface area contributed by atoms with Crippen molar-refractivity contribution in [3.05, 3.63) is 64.1 Å². The first kappa shape index (κ1) is 15.3. The summed E-state index contributed by atoms with van der Waals surface area (Å²) in [5.74, 6) is -0.313. The first-order valence-corrected chi connectivity index (χ1v) is 7.15. The van der Waals surface area contributed by atoms with Crippen molar-refractivity contribution in [1.29, 1.82) is 0 Å². The summed E-state index contributed by atoms with van der Waals surface area (Å²) in [6, 6.07) is 14.0. The van der Waals surface area contributed by atoms with Crippen molar-refractivity contribution in [2.75, 3.05) is 19.4 Å². The summed E-state index contributed by atoms with van der Waals surface area (Å²) in [6.45, 7) is 0. The van der Waals surface area contributed by atoms with Gasteiger partial charge >= 0.3 is 0 Å². The lowest BCUT2D eigenvalue weighted by atomic mass is 10.1. The van der Waals surface area contributed by atoms with Crippen molar-refractivity contribution in [2.24, 2.45) is 0 Å². The summed E-state index contributed by atoms with van der Waals surface area (Å²) < 4.78 is 0.914. The molecule has 0 radical (unpaired) electrons. The van der Waals surface area contributed by atoms with Gasteiger partial charge in [-0.1, -0.05) is 22.0 Å². The molecule has 0 bridgehead atoms. The van der Waals surface area contributed by atoms with Gasteiger partial charge in [0.05, 0.1) is 0 Å². The second-order valence-electron chi connectivity index (χ2n) is 4.74. The van der Waals surface area contributed by atoms with Crippen LogP contribution in [0.4, 0.5) is 5.69 Å². The van der Waals surface area contributed by atoms with Gasteiger partial charge in [-0.05, 0) is 42.5 Å². The van der Waals surface area contributed by atoms with Crippen molar-refractivity contribution in [1.82, 2.24) is 4.90 Å². The van der Waals surface area contributed by atoms with Crippen LogP contribution in [0.1, 0.15) is 20.7 Å². The number of rotatable bonds is 3. The van der Waals surface area contributed by atoms with E-state index in [1.807, 2.05) is 0 Å². The lowest BCUT2D eigenvalue weighted by molar-refractivity contribution is 0.0827. The molecule has 0 saturated heterocycles. The molecule has 5 heteroatoms. The van der Waals surface area contributed by atoms with E-state index in [0.29, 0.717) is 16.8 Å². The molecular weight excluding hydrogens is 332 g/mol. The highest BCUT2D eigenvalue weighted by molar-refractivity contribution is 9.10. The molecule has 2 aromatic carbocycles. The van der Waals surface area contributed by atoms with Crippen LogP contribution < -0.4 is 5.32 Å². The van der Waals surface area contributed by atoms with Crippen molar-refractivity contribution in [3.8, 4) is 0 Å². The van der Waals surface area contributed by atoms with Crippen LogP contribution in [0.3, 0.4) is 0 Å². The van der Waals surface area contributed by atoms with Gasteiger partial charge in [0.15, 0.2) is 0 Å². The molecule has 1 N–H and O–H groups in total. The zero-order valence-electron chi connectivity index (χ0n) is 11.8. The van der Waals surface area contributed by atoms with Gasteiger partial charge in [0.25, 0.3) is 11.8 Å². The van der Waals surface area contributed by atoms with E-state index in [1.54, 1.807) is 62.6 Å². The molecule has 0 heterocycles. The van der Waals surface area contributed by atoms with Crippen molar-refractivity contribution >= 4 is 33.4 Å². The molecule has 0 fully saturated rings. The molecular formula is C16H15BrN2O2. The number of nitrogens with zero attached hydrogens (tertiary/aromatic N) is 1. The zero-order chi connectivity index (χ0) is 15.4. The van der Waals surface area contributed by atoms with Crippen LogP contribution in [0, 0.1) is 0 Å². The number of hydrogen-bond acceptors (Lipinski definition) is 2. The largest absolute Gasteiger partial charge is 0.345 e. The van der Waals surface area contributed by atoms with Crippen LogP contribution in [-0.2, 0) is 0 Å². The number of hydrogen-bond donors (Lipinski definition) is 1. The Morgan fingerprint density at radius 1 is 1.00 bits per heavy atom. The maximum atomic E-state index is 12.1. The van der Waals surface area contributed by atoms with Gasteiger partial charge in [0.1, 0.15) is 0 Å². The molecule has 2 rings (SSSR count). The molecule has 0 aliphatic rings. The average Bonchev–Trinajstić information content (AvgIpc) is 2.47. The fourth-order valence-corrected chi connectivity index (χ4v) is 2.06. The van der Waals surface area contributed by atoms with Gasteiger partial charge in [-0.2, -0.15) is 0 Å². The number of amides is 2. The van der Waals surface area contributed by atoms with Crippen LogP contribution in [0.5, 0.6) is 0 Å². The first-order chi connectivity index (χ1) is 9.97. The molecule has 108 valence electrons. The lowest BCUT2D eigenvalue weighted by Crippen LogP contribution is -2.21. The van der Waals surface area contributed by atoms with Crippen LogP contribution in [0.2, 0.25) is 0 Å². The third kappa shape index (κ3) is 3.92. The third-order valence-electron chi connectivity index (χ3n) is 2.88. The number of halogens is 1. The van der Waals surface area contributed by atoms with Gasteiger partial charge in [0.2, 0.25) is 0 Å². The Balaban J connectivity index is 2.16. The Kier molecular flexibility index (Phi) is 4.75. The molecule has 0 aliphatic carbocycles. The van der Waals surface area contributed by atoms with Crippen molar-refractivity contribution < 1.29 is 9.59 Å². The topological polar surface area (TPSA) is 49.4 Å². The minimum absolute atomic E-state index is 0.102. The predicted molar refractivity (Wildman–Crippen MR) is 86.6 cm³/mol. The summed E-state index contributed by atoms with van der Waals surface area (Å²) in [5, 5.41) is 2.79. The predicted octanol–water partition coefficient (Wildman–Crippen LogP) is 3.40. The maximum Gasteiger partial charge on any atom is 0.255 e. The monoisotopic (exact) mass is 346 g/mol. The van der Waals surface area contributed by atoms with Gasteiger partial charge in [-0.15, -0.1) is 0 Å². The van der Waals surface area contributed by atoms with E-state index in [0.717, 1.165) is 4.47 Å². The van der Waals surface area contributed by atoms with Gasteiger partial charge in [-0.3, -0.25) is 9.59 Å². The van der Waals surface area contributed by atoms with Gasteiger partial charge in [0, 0.05) is 35.4 Å². The molecule has 0 aliphatic heterocycles. The van der Waals surface area contributed by atoms with E-state index >= 15 is 0 Å². The highest BCUT2D eigenvalue weighted by Crippen LogP contribution is 2.15. The summed E-state index contributed by atoms with van der Waals surface area (Å²) >= 11 is 3.33. The Bertz CT molecular complexity index is 666. The quantitative estimate of drug-likeness (QED) is 0.925. The summed E-state index contributed by atoms with van der Waals surface area (Å²) in [5.41, 5.74) is 1.69. The standard InChI is InChI=1S/C16H15BrN2O2/c1-19(2)16(21)12-4-3-5-14(10-12)18-15(20)11-6-8-13(17)9-7-11/h3-10H,1-2H3,(H,18,20). The SMILES string of the molecule is CN(C)C(=O)c1cccc(NC(=O)c2ccc(Br)cc2)c1. The Morgan fingerprint density at radius 3 is 2.29 bits per heavy atom. The highest BCUT2D eigenvalue weighted by Gasteiger charge is 2.10. The van der Waals surface area contributed by atoms with Crippen LogP contribution >= 0.6 is 15.9 Å². The number of nitrogens with one attached hydrogen (secondary N) is 1. The third-order valence-corrected chi connectivity index (χ3v) is 3.41. The van der Waals surface area contributed by atoms with Crippen LogP contribution in [0.15, 0.2) is 53.0 Å². The van der Waals surface area contributed by atoms with Crippen LogP contribution in [0.25, 0.3) is 0 Å². The molecule has 0 spiro atoms. The van der Waals surface area contributed by atoms with Gasteiger partial charge < -0.3 is 10.2 Å².